The Labute approximate surface area is 209 Å². The van der Waals surface area contributed by atoms with Crippen LogP contribution in [0.3, 0.4) is 0 Å². The van der Waals surface area contributed by atoms with Crippen LogP contribution in [0.2, 0.25) is 1.41 Å². The summed E-state index contributed by atoms with van der Waals surface area (Å²) in [7, 11) is 2.59. The van der Waals surface area contributed by atoms with Crippen molar-refractivity contribution in [1.29, 1.82) is 0 Å². The van der Waals surface area contributed by atoms with E-state index in [0.717, 1.165) is 10.5 Å². The van der Waals surface area contributed by atoms with E-state index >= 15 is 0 Å². The van der Waals surface area contributed by atoms with Crippen LogP contribution >= 0.6 is 0 Å². The second-order valence-electron chi connectivity index (χ2n) is 7.18. The standard InChI is InChI=1S/C25H29N5O3/c1-16-6-10-18(11-7-16)25(33)26-19-12-8-17(9-13-19)14-21-27-23(29(2)3)20(15-22(31)32)24(28-21)30(4)5/h6-13H,14-15H2,1-5H3,(H,26,33)(H,31,32)/i2D3,3D3,14D2,15D2/hD. The molecule has 1 aromatic heterocycles. The number of carboxylic acid groups (broad SMARTS) is 1. The third kappa shape index (κ3) is 6.06. The van der Waals surface area contributed by atoms with Gasteiger partial charge in [0.1, 0.15) is 17.5 Å². The number of aryl methyl sites for hydroxylation is 1. The second kappa shape index (κ2) is 10.1. The third-order valence-corrected chi connectivity index (χ3v) is 4.39. The molecular formula is C25H29N5O3. The van der Waals surface area contributed by atoms with Crippen molar-refractivity contribution in [3.8, 4) is 0 Å². The number of hydrogen-bond acceptors (Lipinski definition) is 6. The summed E-state index contributed by atoms with van der Waals surface area (Å²) in [5.74, 6) is -5.27. The summed E-state index contributed by atoms with van der Waals surface area (Å²) in [5.41, 5.74) is 0.0803. The van der Waals surface area contributed by atoms with Gasteiger partial charge < -0.3 is 20.2 Å². The summed E-state index contributed by atoms with van der Waals surface area (Å²) >= 11 is 0. The Morgan fingerprint density at radius 2 is 1.64 bits per heavy atom. The lowest BCUT2D eigenvalue weighted by molar-refractivity contribution is -0.136. The number of anilines is 3. The Balaban J connectivity index is 2.22. The van der Waals surface area contributed by atoms with Crippen LogP contribution in [0.15, 0.2) is 48.5 Å². The molecular weight excluding hydrogens is 418 g/mol. The van der Waals surface area contributed by atoms with Gasteiger partial charge in [-0.05, 0) is 36.8 Å². The van der Waals surface area contributed by atoms with Gasteiger partial charge in [-0.15, -0.1) is 0 Å². The molecule has 0 radical (unpaired) electrons. The molecule has 172 valence electrons. The fourth-order valence-electron chi connectivity index (χ4n) is 2.82. The molecule has 1 heterocycles. The highest BCUT2D eigenvalue weighted by Gasteiger charge is 2.20. The molecule has 8 nitrogen and oxygen atoms in total. The minimum Gasteiger partial charge on any atom is -0.481 e. The van der Waals surface area contributed by atoms with Gasteiger partial charge in [0.25, 0.3) is 5.91 Å². The minimum absolute atomic E-state index is 0.0756. The molecule has 0 fully saturated rings. The molecule has 33 heavy (non-hydrogen) atoms. The van der Waals surface area contributed by atoms with Crippen molar-refractivity contribution in [2.75, 3.05) is 43.2 Å². The third-order valence-electron chi connectivity index (χ3n) is 4.39. The Morgan fingerprint density at radius 3 is 2.18 bits per heavy atom. The number of nitrogens with one attached hydrogen (secondary N) is 1. The maximum Gasteiger partial charge on any atom is 0.308 e. The van der Waals surface area contributed by atoms with E-state index in [1.807, 2.05) is 6.92 Å². The number of carbonyl (C=O) groups is 2. The van der Waals surface area contributed by atoms with E-state index in [1.54, 1.807) is 24.3 Å². The number of carboxylic acids is 1. The van der Waals surface area contributed by atoms with E-state index in [0.29, 0.717) is 5.31 Å². The molecule has 0 spiro atoms. The van der Waals surface area contributed by atoms with Crippen molar-refractivity contribution >= 4 is 29.2 Å². The topological polar surface area (TPSA) is 98.7 Å². The first-order chi connectivity index (χ1) is 20.0. The van der Waals surface area contributed by atoms with E-state index in [1.165, 1.54) is 38.4 Å². The average Bonchev–Trinajstić information content (AvgIpc) is 2.90. The number of rotatable bonds is 8. The van der Waals surface area contributed by atoms with Crippen LogP contribution in [0.5, 0.6) is 0 Å². The number of benzene rings is 2. The van der Waals surface area contributed by atoms with Crippen LogP contribution in [0.25, 0.3) is 0 Å². The molecule has 0 aliphatic carbocycles. The second-order valence-corrected chi connectivity index (χ2v) is 7.18. The van der Waals surface area contributed by atoms with Crippen LogP contribution in [0.1, 0.15) is 46.6 Å². The molecule has 3 aromatic rings. The zero-order valence-corrected chi connectivity index (χ0v) is 18.1. The Morgan fingerprint density at radius 1 is 1.03 bits per heavy atom. The Kier molecular flexibility index (Phi) is 3.97. The molecule has 2 N–H and O–H groups in total. The van der Waals surface area contributed by atoms with Gasteiger partial charge in [-0.25, -0.2) is 9.97 Å². The van der Waals surface area contributed by atoms with Gasteiger partial charge in [-0.1, -0.05) is 29.8 Å². The van der Waals surface area contributed by atoms with Crippen LogP contribution in [0, 0.1) is 6.92 Å². The van der Waals surface area contributed by atoms with E-state index < -0.39 is 61.6 Å². The number of aromatic nitrogens is 2. The largest absolute Gasteiger partial charge is 0.481 e. The van der Waals surface area contributed by atoms with E-state index in [-0.39, 0.29) is 21.7 Å². The molecule has 0 saturated heterocycles. The van der Waals surface area contributed by atoms with Crippen LogP contribution in [-0.4, -0.2) is 55.0 Å². The van der Waals surface area contributed by atoms with Gasteiger partial charge in [-0.3, -0.25) is 9.59 Å². The van der Waals surface area contributed by atoms with Crippen molar-refractivity contribution in [2.45, 2.75) is 19.7 Å². The zero-order valence-electron chi connectivity index (χ0n) is 29.1. The predicted octanol–water partition coefficient (Wildman–Crippen LogP) is 3.39. The van der Waals surface area contributed by atoms with Crippen molar-refractivity contribution in [1.82, 2.24) is 9.97 Å². The van der Waals surface area contributed by atoms with Gasteiger partial charge in [0.2, 0.25) is 0 Å². The first kappa shape index (κ1) is 12.9. The quantitative estimate of drug-likeness (QED) is 0.534. The SMILES string of the molecule is [2H]N(C(=O)c1ccc(C)cc1)c1ccc(C([2H])([2H])c2nc(N(C)C)c(C([2H])([2H])C(=O)O)c(N(C([2H])([2H])[2H])C([2H])([2H])[2H])n2)cc1. The maximum absolute atomic E-state index is 12.8. The summed E-state index contributed by atoms with van der Waals surface area (Å²) in [6.45, 7) is -5.16. The normalized spacial score (nSPS) is 17.1. The van der Waals surface area contributed by atoms with E-state index in [9.17, 15) is 14.7 Å². The molecule has 0 aliphatic rings. The fraction of sp³-hybridized carbons (Fsp3) is 0.280. The van der Waals surface area contributed by atoms with Gasteiger partial charge in [-0.2, -0.15) is 0 Å². The number of nitrogens with zero attached hydrogens (tertiary/aromatic N) is 4. The smallest absolute Gasteiger partial charge is 0.308 e. The van der Waals surface area contributed by atoms with Crippen molar-refractivity contribution < 1.29 is 29.8 Å². The van der Waals surface area contributed by atoms with Gasteiger partial charge in [0.05, 0.1) is 6.37 Å². The summed E-state index contributed by atoms with van der Waals surface area (Å²) in [6, 6.07) is 11.5. The summed E-state index contributed by atoms with van der Waals surface area (Å²) in [5, 5.41) is 10.3. The van der Waals surface area contributed by atoms with Gasteiger partial charge in [0.15, 0.2) is 1.41 Å². The van der Waals surface area contributed by atoms with Crippen molar-refractivity contribution in [3.05, 3.63) is 76.6 Å². The lowest BCUT2D eigenvalue weighted by Crippen LogP contribution is -2.22. The van der Waals surface area contributed by atoms with E-state index in [2.05, 4.69) is 9.97 Å². The zero-order chi connectivity index (χ0) is 33.6. The lowest BCUT2D eigenvalue weighted by atomic mass is 10.1. The minimum atomic E-state index is -3.50. The Hall–Kier alpha value is -3.94. The molecule has 0 aliphatic heterocycles. The monoisotopic (exact) mass is 458 g/mol. The first-order valence-corrected chi connectivity index (χ1v) is 9.66. The van der Waals surface area contributed by atoms with Crippen molar-refractivity contribution in [3.63, 3.8) is 0 Å². The maximum atomic E-state index is 12.8. The molecule has 0 saturated carbocycles. The number of carbonyl (C=O) groups excluding carboxylic acids is 1. The highest BCUT2D eigenvalue weighted by atomic mass is 16.4. The Bertz CT molecular complexity index is 1530. The van der Waals surface area contributed by atoms with Crippen LogP contribution in [-0.2, 0) is 17.5 Å². The number of amides is 1. The molecule has 0 atom stereocenters. The van der Waals surface area contributed by atoms with Crippen molar-refractivity contribution in [2.24, 2.45) is 0 Å². The number of hydrogen-bond donors (Lipinski definition) is 2. The first-order valence-electron chi connectivity index (χ1n) is 15.1. The molecule has 2 aromatic carbocycles. The fourth-order valence-corrected chi connectivity index (χ4v) is 2.82. The highest BCUT2D eigenvalue weighted by molar-refractivity contribution is 6.04. The lowest BCUT2D eigenvalue weighted by Gasteiger charge is -2.22. The number of aliphatic carboxylic acids is 1. The molecule has 3 rings (SSSR count). The van der Waals surface area contributed by atoms with Crippen LogP contribution in [0.4, 0.5) is 17.3 Å². The average molecular weight is 459 g/mol. The molecule has 0 bridgehead atoms. The molecule has 8 heteroatoms. The van der Waals surface area contributed by atoms with Gasteiger partial charge >= 0.3 is 5.97 Å². The molecule has 0 unspecified atom stereocenters. The summed E-state index contributed by atoms with van der Waals surface area (Å²) in [4.78, 5) is 33.5. The van der Waals surface area contributed by atoms with E-state index in [4.69, 9.17) is 15.1 Å². The highest BCUT2D eigenvalue weighted by Crippen LogP contribution is 2.27. The van der Waals surface area contributed by atoms with Crippen LogP contribution < -0.4 is 15.1 Å². The summed E-state index contributed by atoms with van der Waals surface area (Å²) in [6.07, 6.45) is -6.10. The summed E-state index contributed by atoms with van der Waals surface area (Å²) < 4.78 is 89.3. The molecule has 1 amide bonds. The van der Waals surface area contributed by atoms with Gasteiger partial charge in [0, 0.05) is 64.9 Å². The predicted molar refractivity (Wildman–Crippen MR) is 130 cm³/mol.